The molecule has 3 heterocycles. The molecular weight excluding hydrogens is 465 g/mol. The van der Waals surface area contributed by atoms with Crippen molar-refractivity contribution in [3.63, 3.8) is 0 Å². The molecule has 32 heavy (non-hydrogen) atoms. The molecule has 0 aliphatic heterocycles. The molecular formula is C24H19Cl2N3O2S. The molecule has 0 radical (unpaired) electrons. The van der Waals surface area contributed by atoms with E-state index >= 15 is 0 Å². The summed E-state index contributed by atoms with van der Waals surface area (Å²) in [5.41, 5.74) is 4.90. The van der Waals surface area contributed by atoms with Gasteiger partial charge in [-0.1, -0.05) is 29.3 Å². The van der Waals surface area contributed by atoms with Gasteiger partial charge in [-0.15, -0.1) is 11.3 Å². The van der Waals surface area contributed by atoms with Gasteiger partial charge in [0.15, 0.2) is 0 Å². The Morgan fingerprint density at radius 3 is 2.56 bits per heavy atom. The van der Waals surface area contributed by atoms with E-state index in [0.717, 1.165) is 38.2 Å². The summed E-state index contributed by atoms with van der Waals surface area (Å²) in [6, 6.07) is 13.4. The maximum absolute atomic E-state index is 13.2. The van der Waals surface area contributed by atoms with Gasteiger partial charge < -0.3 is 9.30 Å². The predicted octanol–water partition coefficient (Wildman–Crippen LogP) is 6.27. The van der Waals surface area contributed by atoms with Crippen LogP contribution in [0.1, 0.15) is 5.69 Å². The molecule has 0 aliphatic carbocycles. The summed E-state index contributed by atoms with van der Waals surface area (Å²) in [5.74, 6) is 0. The number of ether oxygens (including phenoxy) is 1. The van der Waals surface area contributed by atoms with Crippen molar-refractivity contribution in [1.82, 2.24) is 14.1 Å². The van der Waals surface area contributed by atoms with Gasteiger partial charge in [-0.2, -0.15) is 0 Å². The van der Waals surface area contributed by atoms with Crippen molar-refractivity contribution in [3.05, 3.63) is 73.9 Å². The van der Waals surface area contributed by atoms with Crippen LogP contribution in [-0.4, -0.2) is 21.2 Å². The van der Waals surface area contributed by atoms with Crippen LogP contribution in [-0.2, 0) is 25.4 Å². The summed E-state index contributed by atoms with van der Waals surface area (Å²) in [7, 11) is 5.42. The monoisotopic (exact) mass is 483 g/mol. The number of benzene rings is 2. The fourth-order valence-electron chi connectivity index (χ4n) is 4.18. The van der Waals surface area contributed by atoms with Crippen LogP contribution in [0.3, 0.4) is 0 Å². The number of hydrogen-bond acceptors (Lipinski definition) is 4. The van der Waals surface area contributed by atoms with E-state index in [1.54, 1.807) is 48.3 Å². The average molecular weight is 484 g/mol. The molecule has 0 aliphatic rings. The first-order valence-electron chi connectivity index (χ1n) is 9.90. The summed E-state index contributed by atoms with van der Waals surface area (Å²) in [4.78, 5) is 17.9. The molecule has 162 valence electrons. The van der Waals surface area contributed by atoms with E-state index in [0.29, 0.717) is 27.8 Å². The highest BCUT2D eigenvalue weighted by molar-refractivity contribution is 7.13. The molecule has 0 atom stereocenters. The number of hydrogen-bond donors (Lipinski definition) is 0. The van der Waals surface area contributed by atoms with E-state index in [1.165, 1.54) is 0 Å². The lowest BCUT2D eigenvalue weighted by molar-refractivity contribution is 0.182. The number of aromatic nitrogens is 3. The number of methoxy groups -OCH3 is 1. The number of aryl methyl sites for hydroxylation is 2. The van der Waals surface area contributed by atoms with Crippen molar-refractivity contribution in [1.29, 1.82) is 0 Å². The highest BCUT2D eigenvalue weighted by Gasteiger charge is 2.18. The fraction of sp³-hybridized carbons (Fsp3) is 0.167. The highest BCUT2D eigenvalue weighted by atomic mass is 35.5. The molecule has 5 nitrogen and oxygen atoms in total. The van der Waals surface area contributed by atoms with Gasteiger partial charge in [-0.25, -0.2) is 4.98 Å². The third-order valence-electron chi connectivity index (χ3n) is 5.66. The summed E-state index contributed by atoms with van der Waals surface area (Å²) < 4.78 is 8.91. The fourth-order valence-corrected chi connectivity index (χ4v) is 5.49. The second-order valence-electron chi connectivity index (χ2n) is 7.65. The quantitative estimate of drug-likeness (QED) is 0.302. The van der Waals surface area contributed by atoms with Crippen LogP contribution in [0.2, 0.25) is 10.0 Å². The minimum absolute atomic E-state index is 0.114. The Bertz CT molecular complexity index is 1570. The molecule has 0 amide bonds. The zero-order chi connectivity index (χ0) is 22.6. The maximum Gasteiger partial charge on any atom is 0.259 e. The molecule has 5 rings (SSSR count). The van der Waals surface area contributed by atoms with Gasteiger partial charge in [-0.3, -0.25) is 9.36 Å². The molecule has 0 unspecified atom stereocenters. The Labute approximate surface area is 198 Å². The first kappa shape index (κ1) is 21.2. The Balaban J connectivity index is 1.78. The van der Waals surface area contributed by atoms with E-state index in [4.69, 9.17) is 27.9 Å². The molecule has 3 aromatic heterocycles. The molecule has 8 heteroatoms. The van der Waals surface area contributed by atoms with Crippen molar-refractivity contribution in [2.24, 2.45) is 14.1 Å². The minimum Gasteiger partial charge on any atom is -0.378 e. The number of halogens is 2. The van der Waals surface area contributed by atoms with Gasteiger partial charge in [0.25, 0.3) is 5.56 Å². The standard InChI is InChI=1S/C24H19Cl2N3O2S/c1-28-21-7-4-13(22-27-15(11-31-3)12-32-22)8-17(21)18-10-19(24(30)29(2)23(18)28)16-6-5-14(25)9-20(16)26/h4-10,12H,11H2,1-3H3. The highest BCUT2D eigenvalue weighted by Crippen LogP contribution is 2.35. The Morgan fingerprint density at radius 2 is 1.81 bits per heavy atom. The van der Waals surface area contributed by atoms with Gasteiger partial charge in [0.05, 0.1) is 22.8 Å². The summed E-state index contributed by atoms with van der Waals surface area (Å²) >= 11 is 14.1. The second-order valence-corrected chi connectivity index (χ2v) is 9.35. The zero-order valence-corrected chi connectivity index (χ0v) is 20.0. The molecule has 2 aromatic carbocycles. The number of fused-ring (bicyclic) bond motifs is 3. The van der Waals surface area contributed by atoms with E-state index in [-0.39, 0.29) is 5.56 Å². The van der Waals surface area contributed by atoms with E-state index in [1.807, 2.05) is 23.1 Å². The van der Waals surface area contributed by atoms with Crippen LogP contribution < -0.4 is 5.56 Å². The third kappa shape index (κ3) is 3.35. The summed E-state index contributed by atoms with van der Waals surface area (Å²) in [5, 5.41) is 5.94. The second kappa shape index (κ2) is 8.05. The Morgan fingerprint density at radius 1 is 1.00 bits per heavy atom. The van der Waals surface area contributed by atoms with Crippen LogP contribution in [0.4, 0.5) is 0 Å². The van der Waals surface area contributed by atoms with Crippen LogP contribution in [0.15, 0.2) is 52.6 Å². The number of thiazole rings is 1. The third-order valence-corrected chi connectivity index (χ3v) is 7.15. The average Bonchev–Trinajstić information content (AvgIpc) is 3.34. The van der Waals surface area contributed by atoms with Crippen molar-refractivity contribution < 1.29 is 4.74 Å². The smallest absolute Gasteiger partial charge is 0.259 e. The van der Waals surface area contributed by atoms with Crippen molar-refractivity contribution in [3.8, 4) is 21.7 Å². The van der Waals surface area contributed by atoms with Gasteiger partial charge in [0.1, 0.15) is 10.7 Å². The van der Waals surface area contributed by atoms with Crippen molar-refractivity contribution in [2.75, 3.05) is 7.11 Å². The largest absolute Gasteiger partial charge is 0.378 e. The lowest BCUT2D eigenvalue weighted by atomic mass is 10.0. The maximum atomic E-state index is 13.2. The minimum atomic E-state index is -0.114. The molecule has 0 N–H and O–H groups in total. The number of nitrogens with zero attached hydrogens (tertiary/aromatic N) is 3. The van der Waals surface area contributed by atoms with E-state index in [9.17, 15) is 4.79 Å². The van der Waals surface area contributed by atoms with E-state index < -0.39 is 0 Å². The molecule has 0 fully saturated rings. The Hall–Kier alpha value is -2.64. The van der Waals surface area contributed by atoms with E-state index in [2.05, 4.69) is 23.2 Å². The first-order valence-corrected chi connectivity index (χ1v) is 11.5. The molecule has 0 saturated carbocycles. The Kier molecular flexibility index (Phi) is 5.34. The van der Waals surface area contributed by atoms with Crippen LogP contribution in [0.5, 0.6) is 0 Å². The first-order chi connectivity index (χ1) is 15.4. The van der Waals surface area contributed by atoms with Crippen LogP contribution in [0, 0.1) is 0 Å². The van der Waals surface area contributed by atoms with Crippen LogP contribution >= 0.6 is 34.5 Å². The van der Waals surface area contributed by atoms with Crippen molar-refractivity contribution >= 4 is 56.5 Å². The molecule has 0 spiro atoms. The normalized spacial score (nSPS) is 11.7. The summed E-state index contributed by atoms with van der Waals surface area (Å²) in [6.45, 7) is 0.486. The van der Waals surface area contributed by atoms with Crippen molar-refractivity contribution in [2.45, 2.75) is 6.61 Å². The predicted molar refractivity (Wildman–Crippen MR) is 133 cm³/mol. The summed E-state index contributed by atoms with van der Waals surface area (Å²) in [6.07, 6.45) is 0. The topological polar surface area (TPSA) is 49.0 Å². The lowest BCUT2D eigenvalue weighted by Gasteiger charge is -2.09. The lowest BCUT2D eigenvalue weighted by Crippen LogP contribution is -2.20. The number of pyridine rings is 1. The van der Waals surface area contributed by atoms with Gasteiger partial charge in [0, 0.05) is 59.1 Å². The van der Waals surface area contributed by atoms with Crippen LogP contribution in [0.25, 0.3) is 43.6 Å². The van der Waals surface area contributed by atoms with Gasteiger partial charge in [0.2, 0.25) is 0 Å². The molecule has 0 saturated heterocycles. The molecule has 0 bridgehead atoms. The molecule has 5 aromatic rings. The zero-order valence-electron chi connectivity index (χ0n) is 17.6. The van der Waals surface area contributed by atoms with Gasteiger partial charge in [-0.05, 0) is 36.4 Å². The van der Waals surface area contributed by atoms with Gasteiger partial charge >= 0.3 is 0 Å². The SMILES string of the molecule is COCc1csc(-c2ccc3c(c2)c2cc(-c4ccc(Cl)cc4Cl)c(=O)n(C)c2n3C)n1. The number of rotatable bonds is 4.